The van der Waals surface area contributed by atoms with Gasteiger partial charge in [0.25, 0.3) is 5.56 Å². The summed E-state index contributed by atoms with van der Waals surface area (Å²) in [5, 5.41) is 0.106. The Kier molecular flexibility index (Phi) is 3.65. The number of hydrogen-bond acceptors (Lipinski definition) is 3. The number of alkyl halides is 3. The molecule has 0 atom stereocenters. The zero-order chi connectivity index (χ0) is 14.4. The van der Waals surface area contributed by atoms with Crippen LogP contribution in [0.25, 0.3) is 5.65 Å². The first-order valence-electron chi connectivity index (χ1n) is 4.78. The van der Waals surface area contributed by atoms with Gasteiger partial charge >= 0.3 is 6.18 Å². The summed E-state index contributed by atoms with van der Waals surface area (Å²) < 4.78 is 43.6. The third-order valence-electron chi connectivity index (χ3n) is 2.31. The van der Waals surface area contributed by atoms with Crippen LogP contribution >= 0.6 is 34.2 Å². The third kappa shape index (κ3) is 2.50. The number of rotatable bonds is 1. The minimum Gasteiger partial charge on any atom is -0.495 e. The topological polar surface area (TPSA) is 43.6 Å². The second-order valence-corrected chi connectivity index (χ2v) is 4.98. The second kappa shape index (κ2) is 4.82. The molecule has 0 radical (unpaired) electrons. The predicted molar refractivity (Wildman–Crippen MR) is 70.7 cm³/mol. The third-order valence-corrected chi connectivity index (χ3v) is 3.57. The Morgan fingerprint density at radius 2 is 2.11 bits per heavy atom. The van der Waals surface area contributed by atoms with Crippen LogP contribution in [0.2, 0.25) is 5.02 Å². The lowest BCUT2D eigenvalue weighted by atomic mass is 10.3. The van der Waals surface area contributed by atoms with Crippen molar-refractivity contribution in [2.75, 3.05) is 7.11 Å². The van der Waals surface area contributed by atoms with Crippen molar-refractivity contribution in [3.05, 3.63) is 36.9 Å². The molecule has 9 heteroatoms. The fraction of sp³-hybridized carbons (Fsp3) is 0.200. The molecule has 19 heavy (non-hydrogen) atoms. The Bertz CT molecular complexity index is 714. The lowest BCUT2D eigenvalue weighted by molar-refractivity contribution is -0.141. The lowest BCUT2D eigenvalue weighted by Crippen LogP contribution is -2.24. The van der Waals surface area contributed by atoms with Gasteiger partial charge in [0, 0.05) is 12.3 Å². The molecule has 0 aliphatic rings. The fourth-order valence-corrected chi connectivity index (χ4v) is 2.38. The first-order valence-corrected chi connectivity index (χ1v) is 6.24. The summed E-state index contributed by atoms with van der Waals surface area (Å²) in [4.78, 5) is 15.3. The standard InChI is InChI=1S/C10H5ClF3IN2O2/c1-19-5-2-6-16-8(10(12,13)14)7(15)9(18)17(6)3-4(5)11/h2-3H,1H3. The van der Waals surface area contributed by atoms with E-state index in [0.29, 0.717) is 0 Å². The van der Waals surface area contributed by atoms with Crippen molar-refractivity contribution in [3.63, 3.8) is 0 Å². The average molecular weight is 405 g/mol. The molecule has 0 spiro atoms. The monoisotopic (exact) mass is 404 g/mol. The van der Waals surface area contributed by atoms with Gasteiger partial charge in [-0.25, -0.2) is 4.98 Å². The highest BCUT2D eigenvalue weighted by Crippen LogP contribution is 2.31. The van der Waals surface area contributed by atoms with E-state index in [2.05, 4.69) is 4.98 Å². The Labute approximate surface area is 123 Å². The first-order chi connectivity index (χ1) is 8.75. The highest BCUT2D eigenvalue weighted by molar-refractivity contribution is 14.1. The van der Waals surface area contributed by atoms with E-state index in [0.717, 1.165) is 4.40 Å². The van der Waals surface area contributed by atoms with Gasteiger partial charge in [0.15, 0.2) is 5.69 Å². The van der Waals surface area contributed by atoms with E-state index >= 15 is 0 Å². The van der Waals surface area contributed by atoms with Crippen molar-refractivity contribution in [1.29, 1.82) is 0 Å². The summed E-state index contributed by atoms with van der Waals surface area (Å²) in [5.41, 5.74) is -2.23. The average Bonchev–Trinajstić information content (AvgIpc) is 2.32. The van der Waals surface area contributed by atoms with Crippen LogP contribution in [0.15, 0.2) is 17.1 Å². The molecule has 2 aromatic rings. The largest absolute Gasteiger partial charge is 0.495 e. The van der Waals surface area contributed by atoms with E-state index in [1.54, 1.807) is 0 Å². The number of pyridine rings is 1. The fourth-order valence-electron chi connectivity index (χ4n) is 1.46. The van der Waals surface area contributed by atoms with E-state index in [4.69, 9.17) is 16.3 Å². The number of methoxy groups -OCH3 is 1. The maximum absolute atomic E-state index is 12.7. The summed E-state index contributed by atoms with van der Waals surface area (Å²) in [5.74, 6) is 0.142. The summed E-state index contributed by atoms with van der Waals surface area (Å²) in [6, 6.07) is 1.18. The van der Waals surface area contributed by atoms with Gasteiger partial charge in [-0.3, -0.25) is 9.20 Å². The van der Waals surface area contributed by atoms with E-state index in [9.17, 15) is 18.0 Å². The van der Waals surface area contributed by atoms with Gasteiger partial charge in [0.1, 0.15) is 15.0 Å². The smallest absolute Gasteiger partial charge is 0.434 e. The van der Waals surface area contributed by atoms with Crippen LogP contribution in [0.1, 0.15) is 5.69 Å². The van der Waals surface area contributed by atoms with E-state index in [1.807, 2.05) is 0 Å². The molecule has 0 bridgehead atoms. The molecule has 2 heterocycles. The molecule has 0 aliphatic heterocycles. The zero-order valence-electron chi connectivity index (χ0n) is 9.26. The summed E-state index contributed by atoms with van der Waals surface area (Å²) in [6.45, 7) is 0. The highest BCUT2D eigenvalue weighted by atomic mass is 127. The molecule has 4 nitrogen and oxygen atoms in total. The molecule has 0 fully saturated rings. The molecule has 0 saturated heterocycles. The Morgan fingerprint density at radius 1 is 1.47 bits per heavy atom. The van der Waals surface area contributed by atoms with Crippen LogP contribution < -0.4 is 10.3 Å². The number of fused-ring (bicyclic) bond motifs is 1. The minimum atomic E-state index is -4.70. The van der Waals surface area contributed by atoms with Gasteiger partial charge in [-0.15, -0.1) is 0 Å². The predicted octanol–water partition coefficient (Wildman–Crippen LogP) is 2.98. The van der Waals surface area contributed by atoms with E-state index in [1.165, 1.54) is 42.0 Å². The number of aromatic nitrogens is 2. The van der Waals surface area contributed by atoms with Crippen molar-refractivity contribution in [2.24, 2.45) is 0 Å². The van der Waals surface area contributed by atoms with Crippen LogP contribution in [-0.4, -0.2) is 16.5 Å². The number of halogens is 5. The molecule has 2 aromatic heterocycles. The molecule has 0 unspecified atom stereocenters. The molecule has 0 aromatic carbocycles. The zero-order valence-corrected chi connectivity index (χ0v) is 12.2. The molecule has 0 amide bonds. The van der Waals surface area contributed by atoms with Crippen molar-refractivity contribution < 1.29 is 17.9 Å². The van der Waals surface area contributed by atoms with Crippen LogP contribution in [0.4, 0.5) is 13.2 Å². The summed E-state index contributed by atoms with van der Waals surface area (Å²) in [7, 11) is 1.31. The molecular formula is C10H5ClF3IN2O2. The normalized spacial score (nSPS) is 11.9. The molecule has 0 N–H and O–H groups in total. The van der Waals surface area contributed by atoms with Crippen molar-refractivity contribution in [2.45, 2.75) is 6.18 Å². The van der Waals surface area contributed by atoms with Crippen molar-refractivity contribution in [3.8, 4) is 5.75 Å². The van der Waals surface area contributed by atoms with Gasteiger partial charge in [0.05, 0.1) is 12.1 Å². The Morgan fingerprint density at radius 3 is 2.63 bits per heavy atom. The molecule has 2 rings (SSSR count). The summed E-state index contributed by atoms with van der Waals surface area (Å²) in [6.07, 6.45) is -3.52. The van der Waals surface area contributed by atoms with Crippen LogP contribution in [0, 0.1) is 3.57 Å². The lowest BCUT2D eigenvalue weighted by Gasteiger charge is -2.11. The molecular weight excluding hydrogens is 399 g/mol. The van der Waals surface area contributed by atoms with E-state index < -0.39 is 21.0 Å². The molecule has 102 valence electrons. The molecule has 0 aliphatic carbocycles. The molecule has 0 saturated carbocycles. The Hall–Kier alpha value is -1.03. The van der Waals surface area contributed by atoms with Crippen molar-refractivity contribution in [1.82, 2.24) is 9.38 Å². The van der Waals surface area contributed by atoms with Crippen LogP contribution in [0.5, 0.6) is 5.75 Å². The maximum atomic E-state index is 12.7. The first kappa shape index (κ1) is 14.4. The Balaban J connectivity index is 2.89. The SMILES string of the molecule is COc1cc2nc(C(F)(F)F)c(I)c(=O)n2cc1Cl. The number of hydrogen-bond donors (Lipinski definition) is 0. The van der Waals surface area contributed by atoms with Crippen LogP contribution in [0.3, 0.4) is 0 Å². The number of nitrogens with zero attached hydrogens (tertiary/aromatic N) is 2. The maximum Gasteiger partial charge on any atom is 0.434 e. The van der Waals surface area contributed by atoms with Gasteiger partial charge in [-0.05, 0) is 22.6 Å². The van der Waals surface area contributed by atoms with Gasteiger partial charge in [0.2, 0.25) is 0 Å². The van der Waals surface area contributed by atoms with Gasteiger partial charge in [-0.2, -0.15) is 13.2 Å². The number of ether oxygens (including phenoxy) is 1. The highest BCUT2D eigenvalue weighted by Gasteiger charge is 2.36. The van der Waals surface area contributed by atoms with Gasteiger partial charge in [-0.1, -0.05) is 11.6 Å². The minimum absolute atomic E-state index is 0.106. The quantitative estimate of drug-likeness (QED) is 0.687. The summed E-state index contributed by atoms with van der Waals surface area (Å²) >= 11 is 7.14. The second-order valence-electron chi connectivity index (χ2n) is 3.50. The van der Waals surface area contributed by atoms with E-state index in [-0.39, 0.29) is 16.4 Å². The van der Waals surface area contributed by atoms with Crippen LogP contribution in [-0.2, 0) is 6.18 Å². The van der Waals surface area contributed by atoms with Crippen molar-refractivity contribution >= 4 is 39.8 Å². The van der Waals surface area contributed by atoms with Gasteiger partial charge < -0.3 is 4.74 Å².